The molecule has 0 radical (unpaired) electrons. The van der Waals surface area contributed by atoms with E-state index in [9.17, 15) is 13.2 Å². The Bertz CT molecular complexity index is 739. The molecule has 0 saturated carbocycles. The van der Waals surface area contributed by atoms with Crippen LogP contribution in [0.1, 0.15) is 24.8 Å². The monoisotopic (exact) mass is 339 g/mol. The van der Waals surface area contributed by atoms with E-state index in [-0.39, 0.29) is 16.5 Å². The third-order valence-corrected chi connectivity index (χ3v) is 5.94. The van der Waals surface area contributed by atoms with Crippen molar-refractivity contribution in [1.29, 1.82) is 0 Å². The molecule has 0 aliphatic rings. The van der Waals surface area contributed by atoms with Gasteiger partial charge < -0.3 is 4.74 Å². The van der Waals surface area contributed by atoms with Gasteiger partial charge in [-0.25, -0.2) is 13.1 Å². The molecule has 1 amide bonds. The second-order valence-corrected chi connectivity index (χ2v) is 7.66. The van der Waals surface area contributed by atoms with Gasteiger partial charge in [-0.15, -0.1) is 11.3 Å². The van der Waals surface area contributed by atoms with E-state index in [1.807, 2.05) is 31.2 Å². The number of hydrogen-bond acceptors (Lipinski definition) is 5. The summed E-state index contributed by atoms with van der Waals surface area (Å²) < 4.78 is 31.5. The maximum Gasteiger partial charge on any atom is 0.273 e. The van der Waals surface area contributed by atoms with Gasteiger partial charge in [-0.3, -0.25) is 4.79 Å². The first kappa shape index (κ1) is 16.5. The highest BCUT2D eigenvalue weighted by Gasteiger charge is 2.21. The molecule has 2 rings (SSSR count). The fourth-order valence-electron chi connectivity index (χ4n) is 2.12. The van der Waals surface area contributed by atoms with E-state index < -0.39 is 15.9 Å². The predicted octanol–water partition coefficient (Wildman–Crippen LogP) is 2.76. The minimum atomic E-state index is -3.77. The second kappa shape index (κ2) is 6.93. The summed E-state index contributed by atoms with van der Waals surface area (Å²) in [5.74, 6) is -0.00888. The van der Waals surface area contributed by atoms with Crippen LogP contribution < -0.4 is 9.46 Å². The van der Waals surface area contributed by atoms with Gasteiger partial charge in [-0.05, 0) is 29.0 Å². The molecule has 0 aliphatic carbocycles. The second-order valence-electron chi connectivity index (χ2n) is 4.81. The molecule has 1 atom stereocenters. The first-order valence-electron chi connectivity index (χ1n) is 6.66. The zero-order valence-corrected chi connectivity index (χ0v) is 13.9. The molecular weight excluding hydrogens is 322 g/mol. The van der Waals surface area contributed by atoms with Crippen molar-refractivity contribution in [2.45, 2.75) is 23.5 Å². The molecule has 1 N–H and O–H groups in total. The van der Waals surface area contributed by atoms with Crippen molar-refractivity contribution in [2.24, 2.45) is 0 Å². The summed E-state index contributed by atoms with van der Waals surface area (Å²) in [5.41, 5.74) is 0.869. The summed E-state index contributed by atoms with van der Waals surface area (Å²) >= 11 is 1.07. The molecule has 1 aromatic carbocycles. The van der Waals surface area contributed by atoms with Crippen molar-refractivity contribution >= 4 is 27.3 Å². The van der Waals surface area contributed by atoms with Crippen molar-refractivity contribution in [3.63, 3.8) is 0 Å². The average molecular weight is 339 g/mol. The van der Waals surface area contributed by atoms with E-state index in [4.69, 9.17) is 4.74 Å². The number of para-hydroxylation sites is 1. The van der Waals surface area contributed by atoms with Gasteiger partial charge in [0.1, 0.15) is 9.96 Å². The molecule has 118 valence electrons. The van der Waals surface area contributed by atoms with Crippen molar-refractivity contribution in [2.75, 3.05) is 7.11 Å². The number of carbonyl (C=O) groups excluding carboxylic acids is 1. The number of amides is 1. The molecule has 0 fully saturated rings. The third kappa shape index (κ3) is 3.86. The number of sulfonamides is 1. The maximum absolute atomic E-state index is 12.0. The molecule has 22 heavy (non-hydrogen) atoms. The van der Waals surface area contributed by atoms with Crippen molar-refractivity contribution in [3.8, 4) is 5.75 Å². The predicted molar refractivity (Wildman–Crippen MR) is 85.7 cm³/mol. The summed E-state index contributed by atoms with van der Waals surface area (Å²) in [4.78, 5) is 12.0. The third-order valence-electron chi connectivity index (χ3n) is 3.17. The van der Waals surface area contributed by atoms with E-state index in [1.165, 1.54) is 6.07 Å². The number of nitrogens with one attached hydrogen (secondary N) is 1. The fourth-order valence-corrected chi connectivity index (χ4v) is 4.11. The summed E-state index contributed by atoms with van der Waals surface area (Å²) in [6.07, 6.45) is 0.0605. The Morgan fingerprint density at radius 1 is 1.27 bits per heavy atom. The molecule has 5 nitrogen and oxygen atoms in total. The molecule has 7 heteroatoms. The highest BCUT2D eigenvalue weighted by atomic mass is 32.2. The minimum absolute atomic E-state index is 0.0605. The lowest BCUT2D eigenvalue weighted by molar-refractivity contribution is -0.119. The Balaban J connectivity index is 2.06. The van der Waals surface area contributed by atoms with Crippen LogP contribution in [0.5, 0.6) is 5.75 Å². The summed E-state index contributed by atoms with van der Waals surface area (Å²) in [6.45, 7) is 1.86. The molecule has 1 heterocycles. The molecule has 0 bridgehead atoms. The number of rotatable bonds is 6. The molecule has 2 aromatic rings. The van der Waals surface area contributed by atoms with Gasteiger partial charge in [0.15, 0.2) is 0 Å². The lowest BCUT2D eigenvalue weighted by Crippen LogP contribution is -2.30. The van der Waals surface area contributed by atoms with Crippen LogP contribution in [0.4, 0.5) is 0 Å². The molecule has 1 unspecified atom stereocenters. The zero-order valence-electron chi connectivity index (χ0n) is 12.3. The molecule has 1 aromatic heterocycles. The number of thiophene rings is 1. The highest BCUT2D eigenvalue weighted by molar-refractivity contribution is 7.92. The van der Waals surface area contributed by atoms with Crippen molar-refractivity contribution < 1.29 is 17.9 Å². The lowest BCUT2D eigenvalue weighted by Gasteiger charge is -2.15. The number of benzene rings is 1. The van der Waals surface area contributed by atoms with Crippen LogP contribution in [0.3, 0.4) is 0 Å². The smallest absolute Gasteiger partial charge is 0.273 e. The van der Waals surface area contributed by atoms with Crippen molar-refractivity contribution in [3.05, 3.63) is 47.3 Å². The van der Waals surface area contributed by atoms with Gasteiger partial charge in [0.25, 0.3) is 10.0 Å². The largest absolute Gasteiger partial charge is 0.496 e. The average Bonchev–Trinajstić information content (AvgIpc) is 3.01. The van der Waals surface area contributed by atoms with Crippen LogP contribution in [0.2, 0.25) is 0 Å². The van der Waals surface area contributed by atoms with Crippen LogP contribution >= 0.6 is 11.3 Å². The Hall–Kier alpha value is -1.86. The lowest BCUT2D eigenvalue weighted by atomic mass is 9.97. The Labute approximate surface area is 134 Å². The van der Waals surface area contributed by atoms with Gasteiger partial charge in [0, 0.05) is 6.42 Å². The van der Waals surface area contributed by atoms with E-state index >= 15 is 0 Å². The molecular formula is C15H17NO4S2. The number of hydrogen-bond donors (Lipinski definition) is 1. The van der Waals surface area contributed by atoms with Crippen LogP contribution in [-0.2, 0) is 14.8 Å². The normalized spacial score (nSPS) is 12.6. The number of ether oxygens (including phenoxy) is 1. The number of carbonyl (C=O) groups is 1. The molecule has 0 saturated heterocycles. The zero-order chi connectivity index (χ0) is 16.2. The molecule has 0 spiro atoms. The summed E-state index contributed by atoms with van der Waals surface area (Å²) in [5, 5.41) is 1.65. The Morgan fingerprint density at radius 2 is 2.00 bits per heavy atom. The number of methoxy groups -OCH3 is 1. The van der Waals surface area contributed by atoms with Crippen LogP contribution in [0, 0.1) is 0 Å². The summed E-state index contributed by atoms with van der Waals surface area (Å²) in [7, 11) is -2.21. The van der Waals surface area contributed by atoms with Crippen LogP contribution in [0.25, 0.3) is 0 Å². The SMILES string of the molecule is COc1ccccc1C(C)CC(=O)NS(=O)(=O)c1cccs1. The first-order valence-corrected chi connectivity index (χ1v) is 9.02. The quantitative estimate of drug-likeness (QED) is 0.878. The fraction of sp³-hybridized carbons (Fsp3) is 0.267. The van der Waals surface area contributed by atoms with Gasteiger partial charge in [0.05, 0.1) is 7.11 Å². The standard InChI is InChI=1S/C15H17NO4S2/c1-11(12-6-3-4-7-13(12)20-2)10-14(17)16-22(18,19)15-8-5-9-21-15/h3-9,11H,10H2,1-2H3,(H,16,17). The maximum atomic E-state index is 12.0. The van der Waals surface area contributed by atoms with E-state index in [0.29, 0.717) is 5.75 Å². The van der Waals surface area contributed by atoms with Gasteiger partial charge >= 0.3 is 0 Å². The Kier molecular flexibility index (Phi) is 5.20. The van der Waals surface area contributed by atoms with Gasteiger partial charge in [-0.2, -0.15) is 0 Å². The minimum Gasteiger partial charge on any atom is -0.496 e. The van der Waals surface area contributed by atoms with E-state index in [1.54, 1.807) is 18.6 Å². The molecule has 0 aliphatic heterocycles. The van der Waals surface area contributed by atoms with E-state index in [0.717, 1.165) is 16.9 Å². The topological polar surface area (TPSA) is 72.5 Å². The highest BCUT2D eigenvalue weighted by Crippen LogP contribution is 2.28. The summed E-state index contributed by atoms with van der Waals surface area (Å²) in [6, 6.07) is 10.5. The Morgan fingerprint density at radius 3 is 2.64 bits per heavy atom. The van der Waals surface area contributed by atoms with E-state index in [2.05, 4.69) is 4.72 Å². The van der Waals surface area contributed by atoms with Crippen LogP contribution in [0.15, 0.2) is 46.0 Å². The van der Waals surface area contributed by atoms with Gasteiger partial charge in [-0.1, -0.05) is 31.2 Å². The van der Waals surface area contributed by atoms with Gasteiger partial charge in [0.2, 0.25) is 5.91 Å². The first-order chi connectivity index (χ1) is 10.4. The van der Waals surface area contributed by atoms with Crippen molar-refractivity contribution in [1.82, 2.24) is 4.72 Å². The van der Waals surface area contributed by atoms with Crippen LogP contribution in [-0.4, -0.2) is 21.4 Å².